The van der Waals surface area contributed by atoms with E-state index in [1.165, 1.54) is 31.5 Å². The van der Waals surface area contributed by atoms with Crippen molar-refractivity contribution >= 4 is 11.6 Å². The molecule has 0 bridgehead atoms. The lowest BCUT2D eigenvalue weighted by Crippen LogP contribution is -2.44. The van der Waals surface area contributed by atoms with Gasteiger partial charge in [0.1, 0.15) is 0 Å². The Morgan fingerprint density at radius 1 is 1.15 bits per heavy atom. The molecule has 3 heteroatoms. The lowest BCUT2D eigenvalue weighted by molar-refractivity contribution is 0.183. The first-order valence-electron chi connectivity index (χ1n) is 7.81. The van der Waals surface area contributed by atoms with E-state index in [9.17, 15) is 0 Å². The molecule has 2 rings (SSSR count). The highest BCUT2D eigenvalue weighted by Crippen LogP contribution is 2.23. The van der Waals surface area contributed by atoms with Gasteiger partial charge in [-0.1, -0.05) is 43.6 Å². The van der Waals surface area contributed by atoms with Gasteiger partial charge < -0.3 is 5.32 Å². The Kier molecular flexibility index (Phi) is 5.88. The van der Waals surface area contributed by atoms with Crippen molar-refractivity contribution in [2.24, 2.45) is 5.92 Å². The van der Waals surface area contributed by atoms with Crippen LogP contribution in [-0.4, -0.2) is 30.6 Å². The zero-order valence-electron chi connectivity index (χ0n) is 12.9. The predicted molar refractivity (Wildman–Crippen MR) is 87.3 cm³/mol. The van der Waals surface area contributed by atoms with E-state index in [1.54, 1.807) is 0 Å². The molecule has 1 heterocycles. The standard InChI is InChI=1S/C17H27ClN2/c1-13(2)17(20-10-6-7-11-20)12-19-14(3)15-8-4-5-9-16(15)18/h4-5,8-9,13-14,17,19H,6-7,10-12H2,1-3H3. The van der Waals surface area contributed by atoms with Crippen LogP contribution in [-0.2, 0) is 0 Å². The number of hydrogen-bond donors (Lipinski definition) is 1. The minimum atomic E-state index is 0.299. The van der Waals surface area contributed by atoms with Crippen molar-refractivity contribution in [2.45, 2.75) is 45.7 Å². The molecule has 112 valence electrons. The molecular formula is C17H27ClN2. The molecule has 0 aromatic heterocycles. The number of rotatable bonds is 6. The first-order chi connectivity index (χ1) is 9.59. The normalized spacial score (nSPS) is 19.4. The maximum absolute atomic E-state index is 6.27. The Morgan fingerprint density at radius 3 is 2.40 bits per heavy atom. The second-order valence-corrected chi connectivity index (χ2v) is 6.61. The summed E-state index contributed by atoms with van der Waals surface area (Å²) in [4.78, 5) is 2.64. The Bertz CT molecular complexity index is 413. The fourth-order valence-electron chi connectivity index (χ4n) is 3.09. The highest BCUT2D eigenvalue weighted by molar-refractivity contribution is 6.31. The van der Waals surface area contributed by atoms with E-state index < -0.39 is 0 Å². The van der Waals surface area contributed by atoms with E-state index in [0.717, 1.165) is 11.6 Å². The summed E-state index contributed by atoms with van der Waals surface area (Å²) in [5.41, 5.74) is 1.19. The highest BCUT2D eigenvalue weighted by Gasteiger charge is 2.24. The molecule has 1 aliphatic rings. The van der Waals surface area contributed by atoms with Crippen LogP contribution in [0.15, 0.2) is 24.3 Å². The van der Waals surface area contributed by atoms with E-state index in [0.29, 0.717) is 18.0 Å². The summed E-state index contributed by atoms with van der Waals surface area (Å²) in [7, 11) is 0. The van der Waals surface area contributed by atoms with Gasteiger partial charge in [0.05, 0.1) is 0 Å². The molecule has 1 aromatic rings. The minimum Gasteiger partial charge on any atom is -0.309 e. The smallest absolute Gasteiger partial charge is 0.0453 e. The van der Waals surface area contributed by atoms with E-state index in [1.807, 2.05) is 12.1 Å². The maximum Gasteiger partial charge on any atom is 0.0453 e. The number of benzene rings is 1. The van der Waals surface area contributed by atoms with Gasteiger partial charge in [0, 0.05) is 23.7 Å². The number of likely N-dealkylation sites (tertiary alicyclic amines) is 1. The summed E-state index contributed by atoms with van der Waals surface area (Å²) in [6, 6.07) is 9.05. The summed E-state index contributed by atoms with van der Waals surface area (Å²) in [5, 5.41) is 4.53. The summed E-state index contributed by atoms with van der Waals surface area (Å²) in [6.45, 7) is 10.4. The molecule has 1 saturated heterocycles. The van der Waals surface area contributed by atoms with Crippen LogP contribution in [0.25, 0.3) is 0 Å². The fourth-order valence-corrected chi connectivity index (χ4v) is 3.39. The van der Waals surface area contributed by atoms with Crippen molar-refractivity contribution in [1.82, 2.24) is 10.2 Å². The second kappa shape index (κ2) is 7.44. The molecule has 1 aromatic carbocycles. The van der Waals surface area contributed by atoms with Crippen LogP contribution < -0.4 is 5.32 Å². The van der Waals surface area contributed by atoms with Crippen molar-refractivity contribution < 1.29 is 0 Å². The molecule has 0 spiro atoms. The van der Waals surface area contributed by atoms with Gasteiger partial charge in [0.25, 0.3) is 0 Å². The van der Waals surface area contributed by atoms with Gasteiger partial charge in [-0.05, 0) is 50.4 Å². The van der Waals surface area contributed by atoms with Gasteiger partial charge in [-0.3, -0.25) is 4.90 Å². The van der Waals surface area contributed by atoms with Gasteiger partial charge >= 0.3 is 0 Å². The third-order valence-corrected chi connectivity index (χ3v) is 4.73. The molecule has 0 radical (unpaired) electrons. The molecule has 0 amide bonds. The Balaban J connectivity index is 1.93. The van der Waals surface area contributed by atoms with Crippen molar-refractivity contribution in [1.29, 1.82) is 0 Å². The highest BCUT2D eigenvalue weighted by atomic mass is 35.5. The average Bonchev–Trinajstić information content (AvgIpc) is 2.92. The van der Waals surface area contributed by atoms with Crippen molar-refractivity contribution in [3.63, 3.8) is 0 Å². The number of hydrogen-bond acceptors (Lipinski definition) is 2. The third kappa shape index (κ3) is 3.97. The summed E-state index contributed by atoms with van der Waals surface area (Å²) in [6.07, 6.45) is 2.70. The van der Waals surface area contributed by atoms with E-state index in [4.69, 9.17) is 11.6 Å². The molecule has 1 fully saturated rings. The van der Waals surface area contributed by atoms with Crippen molar-refractivity contribution in [3.05, 3.63) is 34.9 Å². The quantitative estimate of drug-likeness (QED) is 0.849. The molecule has 20 heavy (non-hydrogen) atoms. The van der Waals surface area contributed by atoms with Crippen LogP contribution in [0.3, 0.4) is 0 Å². The summed E-state index contributed by atoms with van der Waals surface area (Å²) in [5.74, 6) is 0.680. The zero-order chi connectivity index (χ0) is 14.5. The van der Waals surface area contributed by atoms with Crippen LogP contribution in [0, 0.1) is 5.92 Å². The van der Waals surface area contributed by atoms with Gasteiger partial charge in [-0.25, -0.2) is 0 Å². The maximum atomic E-state index is 6.27. The summed E-state index contributed by atoms with van der Waals surface area (Å²) >= 11 is 6.27. The number of halogens is 1. The SMILES string of the molecule is CC(NCC(C(C)C)N1CCCC1)c1ccccc1Cl. The van der Waals surface area contributed by atoms with E-state index in [2.05, 4.69) is 43.1 Å². The zero-order valence-corrected chi connectivity index (χ0v) is 13.7. The van der Waals surface area contributed by atoms with Crippen LogP contribution in [0.1, 0.15) is 45.2 Å². The minimum absolute atomic E-state index is 0.299. The fraction of sp³-hybridized carbons (Fsp3) is 0.647. The number of nitrogens with zero attached hydrogens (tertiary/aromatic N) is 1. The molecule has 2 nitrogen and oxygen atoms in total. The first kappa shape index (κ1) is 15.8. The van der Waals surface area contributed by atoms with Crippen molar-refractivity contribution in [3.8, 4) is 0 Å². The topological polar surface area (TPSA) is 15.3 Å². The Morgan fingerprint density at radius 2 is 1.80 bits per heavy atom. The third-order valence-electron chi connectivity index (χ3n) is 4.38. The molecule has 1 N–H and O–H groups in total. The molecular weight excluding hydrogens is 268 g/mol. The van der Waals surface area contributed by atoms with Gasteiger partial charge in [0.15, 0.2) is 0 Å². The van der Waals surface area contributed by atoms with Crippen molar-refractivity contribution in [2.75, 3.05) is 19.6 Å². The largest absolute Gasteiger partial charge is 0.309 e. The van der Waals surface area contributed by atoms with Crippen LogP contribution in [0.4, 0.5) is 0 Å². The van der Waals surface area contributed by atoms with E-state index in [-0.39, 0.29) is 0 Å². The monoisotopic (exact) mass is 294 g/mol. The van der Waals surface area contributed by atoms with Crippen LogP contribution in [0.5, 0.6) is 0 Å². The summed E-state index contributed by atoms with van der Waals surface area (Å²) < 4.78 is 0. The van der Waals surface area contributed by atoms with Gasteiger partial charge in [-0.15, -0.1) is 0 Å². The van der Waals surface area contributed by atoms with Crippen LogP contribution >= 0.6 is 11.6 Å². The molecule has 2 atom stereocenters. The molecule has 0 saturated carbocycles. The predicted octanol–water partition coefficient (Wildman–Crippen LogP) is 4.11. The number of nitrogens with one attached hydrogen (secondary N) is 1. The molecule has 1 aliphatic heterocycles. The van der Waals surface area contributed by atoms with Gasteiger partial charge in [-0.2, -0.15) is 0 Å². The van der Waals surface area contributed by atoms with E-state index >= 15 is 0 Å². The van der Waals surface area contributed by atoms with Crippen LogP contribution in [0.2, 0.25) is 5.02 Å². The Labute approximate surface area is 128 Å². The lowest BCUT2D eigenvalue weighted by atomic mass is 10.0. The average molecular weight is 295 g/mol. The first-order valence-corrected chi connectivity index (χ1v) is 8.19. The molecule has 0 aliphatic carbocycles. The Hall–Kier alpha value is -0.570. The molecule has 2 unspecified atom stereocenters. The lowest BCUT2D eigenvalue weighted by Gasteiger charge is -2.32. The van der Waals surface area contributed by atoms with Gasteiger partial charge in [0.2, 0.25) is 0 Å². The second-order valence-electron chi connectivity index (χ2n) is 6.21.